The van der Waals surface area contributed by atoms with Crippen LogP contribution in [-0.2, 0) is 9.53 Å². The first kappa shape index (κ1) is 18.7. The van der Waals surface area contributed by atoms with Crippen molar-refractivity contribution in [2.24, 2.45) is 5.41 Å². The van der Waals surface area contributed by atoms with E-state index in [0.717, 1.165) is 5.56 Å². The maximum Gasteiger partial charge on any atom is 0.311 e. The normalized spacial score (nSPS) is 20.9. The van der Waals surface area contributed by atoms with Gasteiger partial charge in [0.15, 0.2) is 0 Å². The standard InChI is InChI=1S/C18H24ClNO4/c1-13-6-3-7-14(15(13)19)16(21)20-10-4-8-18(12-20,17(22)23)9-5-11-24-2/h3,6-7H,4-5,8-12H2,1-2H3,(H,22,23). The largest absolute Gasteiger partial charge is 0.481 e. The molecular weight excluding hydrogens is 330 g/mol. The Morgan fingerprint density at radius 1 is 1.42 bits per heavy atom. The average Bonchev–Trinajstić information content (AvgIpc) is 2.57. The molecule has 1 fully saturated rings. The highest BCUT2D eigenvalue weighted by atomic mass is 35.5. The number of rotatable bonds is 6. The molecule has 1 heterocycles. The molecule has 0 bridgehead atoms. The third-order valence-electron chi connectivity index (χ3n) is 4.74. The number of carbonyl (C=O) groups is 2. The fourth-order valence-electron chi connectivity index (χ4n) is 3.33. The van der Waals surface area contributed by atoms with Crippen molar-refractivity contribution >= 4 is 23.5 Å². The van der Waals surface area contributed by atoms with E-state index in [0.29, 0.717) is 49.4 Å². The number of hydrogen-bond donors (Lipinski definition) is 1. The minimum absolute atomic E-state index is 0.194. The molecule has 1 N–H and O–H groups in total. The van der Waals surface area contributed by atoms with Crippen LogP contribution in [0.2, 0.25) is 5.02 Å². The Kier molecular flexibility index (Phi) is 6.24. The second kappa shape index (κ2) is 7.99. The molecule has 0 spiro atoms. The van der Waals surface area contributed by atoms with E-state index in [1.54, 1.807) is 24.1 Å². The number of likely N-dealkylation sites (tertiary alicyclic amines) is 1. The Hall–Kier alpha value is -1.59. The van der Waals surface area contributed by atoms with Crippen molar-refractivity contribution in [1.82, 2.24) is 4.90 Å². The molecule has 2 rings (SSSR count). The molecule has 0 aromatic heterocycles. The lowest BCUT2D eigenvalue weighted by Gasteiger charge is -2.40. The number of aryl methyl sites for hydroxylation is 1. The van der Waals surface area contributed by atoms with Gasteiger partial charge in [0, 0.05) is 26.8 Å². The van der Waals surface area contributed by atoms with Gasteiger partial charge in [-0.25, -0.2) is 0 Å². The van der Waals surface area contributed by atoms with E-state index in [9.17, 15) is 14.7 Å². The zero-order chi connectivity index (χ0) is 17.7. The summed E-state index contributed by atoms with van der Waals surface area (Å²) < 4.78 is 5.04. The van der Waals surface area contributed by atoms with E-state index in [-0.39, 0.29) is 12.5 Å². The van der Waals surface area contributed by atoms with Gasteiger partial charge in [-0.3, -0.25) is 9.59 Å². The quantitative estimate of drug-likeness (QED) is 0.796. The highest BCUT2D eigenvalue weighted by Gasteiger charge is 2.43. The van der Waals surface area contributed by atoms with E-state index in [1.807, 2.05) is 13.0 Å². The molecule has 1 aromatic rings. The first-order valence-corrected chi connectivity index (χ1v) is 8.56. The number of nitrogens with zero attached hydrogens (tertiary/aromatic N) is 1. The molecule has 1 aliphatic rings. The summed E-state index contributed by atoms with van der Waals surface area (Å²) in [5.74, 6) is -1.03. The molecule has 1 saturated heterocycles. The second-order valence-corrected chi connectivity index (χ2v) is 6.83. The number of methoxy groups -OCH3 is 1. The molecule has 132 valence electrons. The van der Waals surface area contributed by atoms with Crippen molar-refractivity contribution in [1.29, 1.82) is 0 Å². The van der Waals surface area contributed by atoms with Crippen LogP contribution in [0.3, 0.4) is 0 Å². The molecular formula is C18H24ClNO4. The number of ether oxygens (including phenoxy) is 1. The van der Waals surface area contributed by atoms with E-state index in [4.69, 9.17) is 16.3 Å². The van der Waals surface area contributed by atoms with Crippen molar-refractivity contribution in [3.8, 4) is 0 Å². The van der Waals surface area contributed by atoms with Crippen LogP contribution in [0.5, 0.6) is 0 Å². The molecule has 6 heteroatoms. The van der Waals surface area contributed by atoms with Crippen LogP contribution in [0.1, 0.15) is 41.6 Å². The average molecular weight is 354 g/mol. The van der Waals surface area contributed by atoms with Crippen LogP contribution >= 0.6 is 11.6 Å². The zero-order valence-corrected chi connectivity index (χ0v) is 14.9. The van der Waals surface area contributed by atoms with E-state index < -0.39 is 11.4 Å². The number of carbonyl (C=O) groups excluding carboxylic acids is 1. The van der Waals surface area contributed by atoms with Crippen molar-refractivity contribution in [2.75, 3.05) is 26.8 Å². The monoisotopic (exact) mass is 353 g/mol. The molecule has 1 amide bonds. The summed E-state index contributed by atoms with van der Waals surface area (Å²) in [6, 6.07) is 5.34. The van der Waals surface area contributed by atoms with Crippen LogP contribution < -0.4 is 0 Å². The zero-order valence-electron chi connectivity index (χ0n) is 14.2. The number of hydrogen-bond acceptors (Lipinski definition) is 3. The Bertz CT molecular complexity index is 619. The van der Waals surface area contributed by atoms with E-state index in [1.165, 1.54) is 0 Å². The third kappa shape index (κ3) is 3.90. The van der Waals surface area contributed by atoms with Gasteiger partial charge in [0.2, 0.25) is 0 Å². The van der Waals surface area contributed by atoms with Crippen molar-refractivity contribution in [2.45, 2.75) is 32.6 Å². The predicted molar refractivity (Wildman–Crippen MR) is 92.5 cm³/mol. The van der Waals surface area contributed by atoms with Crippen LogP contribution in [0.4, 0.5) is 0 Å². The lowest BCUT2D eigenvalue weighted by atomic mass is 9.76. The molecule has 0 radical (unpaired) electrons. The van der Waals surface area contributed by atoms with Gasteiger partial charge in [-0.1, -0.05) is 23.7 Å². The van der Waals surface area contributed by atoms with Gasteiger partial charge in [-0.2, -0.15) is 0 Å². The van der Waals surface area contributed by atoms with Crippen LogP contribution in [0, 0.1) is 12.3 Å². The SMILES string of the molecule is COCCCC1(C(=O)O)CCCN(C(=O)c2cccc(C)c2Cl)C1. The van der Waals surface area contributed by atoms with Gasteiger partial charge in [0.1, 0.15) is 0 Å². The maximum atomic E-state index is 12.8. The smallest absolute Gasteiger partial charge is 0.311 e. The van der Waals surface area contributed by atoms with Crippen molar-refractivity contribution < 1.29 is 19.4 Å². The molecule has 24 heavy (non-hydrogen) atoms. The first-order valence-electron chi connectivity index (χ1n) is 8.18. The van der Waals surface area contributed by atoms with Crippen molar-refractivity contribution in [3.05, 3.63) is 34.3 Å². The minimum atomic E-state index is -0.900. The van der Waals surface area contributed by atoms with E-state index >= 15 is 0 Å². The predicted octanol–water partition coefficient (Wildman–Crippen LogP) is 3.38. The first-order chi connectivity index (χ1) is 11.4. The number of benzene rings is 1. The van der Waals surface area contributed by atoms with Gasteiger partial charge in [0.25, 0.3) is 5.91 Å². The fourth-order valence-corrected chi connectivity index (χ4v) is 3.54. The topological polar surface area (TPSA) is 66.8 Å². The number of amides is 1. The Balaban J connectivity index is 2.20. The van der Waals surface area contributed by atoms with Crippen LogP contribution in [0.15, 0.2) is 18.2 Å². The number of carboxylic acid groups (broad SMARTS) is 1. The Morgan fingerprint density at radius 3 is 2.83 bits per heavy atom. The lowest BCUT2D eigenvalue weighted by Crippen LogP contribution is -2.50. The molecule has 5 nitrogen and oxygen atoms in total. The molecule has 1 unspecified atom stereocenters. The highest BCUT2D eigenvalue weighted by Crippen LogP contribution is 2.36. The summed E-state index contributed by atoms with van der Waals surface area (Å²) in [5, 5.41) is 10.2. The molecule has 1 aromatic carbocycles. The number of piperidine rings is 1. The highest BCUT2D eigenvalue weighted by molar-refractivity contribution is 6.34. The summed E-state index contributed by atoms with van der Waals surface area (Å²) in [7, 11) is 1.60. The van der Waals surface area contributed by atoms with Gasteiger partial charge < -0.3 is 14.7 Å². The third-order valence-corrected chi connectivity index (χ3v) is 5.25. The fraction of sp³-hybridized carbons (Fsp3) is 0.556. The van der Waals surface area contributed by atoms with Crippen molar-refractivity contribution in [3.63, 3.8) is 0 Å². The number of carboxylic acids is 1. The summed E-state index contributed by atoms with van der Waals surface area (Å²) in [6.45, 7) is 3.14. The van der Waals surface area contributed by atoms with Gasteiger partial charge >= 0.3 is 5.97 Å². The molecule has 0 saturated carbocycles. The summed E-state index contributed by atoms with van der Waals surface area (Å²) >= 11 is 6.26. The lowest BCUT2D eigenvalue weighted by molar-refractivity contribution is -0.152. The Morgan fingerprint density at radius 2 is 2.17 bits per heavy atom. The summed E-state index contributed by atoms with van der Waals surface area (Å²) in [6.07, 6.45) is 2.42. The molecule has 1 aliphatic heterocycles. The van der Waals surface area contributed by atoms with E-state index in [2.05, 4.69) is 0 Å². The second-order valence-electron chi connectivity index (χ2n) is 6.45. The number of halogens is 1. The van der Waals surface area contributed by atoms with Gasteiger partial charge in [0.05, 0.1) is 16.0 Å². The van der Waals surface area contributed by atoms with Crippen LogP contribution in [-0.4, -0.2) is 48.7 Å². The minimum Gasteiger partial charge on any atom is -0.481 e. The van der Waals surface area contributed by atoms with Gasteiger partial charge in [-0.05, 0) is 44.2 Å². The van der Waals surface area contributed by atoms with Gasteiger partial charge in [-0.15, -0.1) is 0 Å². The maximum absolute atomic E-state index is 12.8. The summed E-state index contributed by atoms with van der Waals surface area (Å²) in [5.41, 5.74) is 0.377. The summed E-state index contributed by atoms with van der Waals surface area (Å²) in [4.78, 5) is 26.4. The molecule has 1 atom stereocenters. The van der Waals surface area contributed by atoms with Crippen LogP contribution in [0.25, 0.3) is 0 Å². The Labute approximate surface area is 147 Å². The number of aliphatic carboxylic acids is 1. The molecule has 0 aliphatic carbocycles.